The van der Waals surface area contributed by atoms with Crippen molar-refractivity contribution in [3.63, 3.8) is 0 Å². The predicted octanol–water partition coefficient (Wildman–Crippen LogP) is 2.68. The highest BCUT2D eigenvalue weighted by Crippen LogP contribution is 2.39. The van der Waals surface area contributed by atoms with Gasteiger partial charge in [-0.05, 0) is 81.2 Å². The van der Waals surface area contributed by atoms with Gasteiger partial charge < -0.3 is 21.1 Å². The van der Waals surface area contributed by atoms with Crippen molar-refractivity contribution >= 4 is 23.3 Å². The molecule has 1 unspecified atom stereocenters. The number of nitrogens with zero attached hydrogens (tertiary/aromatic N) is 4. The van der Waals surface area contributed by atoms with E-state index in [9.17, 15) is 14.7 Å². The predicted molar refractivity (Wildman–Crippen MR) is 131 cm³/mol. The van der Waals surface area contributed by atoms with Crippen LogP contribution in [0.1, 0.15) is 70.9 Å². The van der Waals surface area contributed by atoms with Crippen LogP contribution in [0.4, 0.5) is 5.82 Å². The Kier molecular flexibility index (Phi) is 5.07. The van der Waals surface area contributed by atoms with Crippen LogP contribution in [0, 0.1) is 12.8 Å². The normalized spacial score (nSPS) is 22.6. The standard InChI is InChI=1S/C26H30N6O3/c1-13-9-16(10-17-12-31(26(35)21(13)17)14(2)15-3-4-15)20-7-8-32-24(29-20)22(23(27)30-32)25(34)28-18-5-6-19(33)11-18/h7-10,14-15,18-19,33H,3-6,11-12H2,1-2H3,(H2,27,30)(H,28,34)/t14?,18-,19-/m0/s1. The molecule has 2 aromatic heterocycles. The van der Waals surface area contributed by atoms with Crippen LogP contribution in [-0.4, -0.2) is 54.6 Å². The third kappa shape index (κ3) is 3.74. The number of hydrogen-bond acceptors (Lipinski definition) is 6. The van der Waals surface area contributed by atoms with Crippen molar-refractivity contribution < 1.29 is 14.7 Å². The summed E-state index contributed by atoms with van der Waals surface area (Å²) in [5.74, 6) is 0.515. The van der Waals surface area contributed by atoms with Crippen LogP contribution in [0.5, 0.6) is 0 Å². The Morgan fingerprint density at radius 3 is 2.77 bits per heavy atom. The number of anilines is 1. The number of aryl methyl sites for hydroxylation is 1. The Bertz CT molecular complexity index is 1360. The summed E-state index contributed by atoms with van der Waals surface area (Å²) >= 11 is 0. The number of carbonyl (C=O) groups is 2. The van der Waals surface area contributed by atoms with Gasteiger partial charge in [0.1, 0.15) is 5.56 Å². The van der Waals surface area contributed by atoms with Gasteiger partial charge in [0.25, 0.3) is 11.8 Å². The van der Waals surface area contributed by atoms with Gasteiger partial charge >= 0.3 is 0 Å². The lowest BCUT2D eigenvalue weighted by molar-refractivity contribution is 0.0696. The number of aliphatic hydroxyl groups excluding tert-OH is 1. The highest BCUT2D eigenvalue weighted by molar-refractivity contribution is 6.04. The molecule has 1 aliphatic heterocycles. The van der Waals surface area contributed by atoms with Crippen molar-refractivity contribution in [1.29, 1.82) is 0 Å². The number of rotatable bonds is 5. The van der Waals surface area contributed by atoms with Crippen LogP contribution in [-0.2, 0) is 6.54 Å². The van der Waals surface area contributed by atoms with Crippen LogP contribution in [0.15, 0.2) is 24.4 Å². The molecule has 9 nitrogen and oxygen atoms in total. The van der Waals surface area contributed by atoms with E-state index in [1.807, 2.05) is 30.0 Å². The van der Waals surface area contributed by atoms with Crippen molar-refractivity contribution in [2.45, 2.75) is 70.7 Å². The van der Waals surface area contributed by atoms with Crippen molar-refractivity contribution in [2.75, 3.05) is 5.73 Å². The fourth-order valence-corrected chi connectivity index (χ4v) is 5.67. The minimum Gasteiger partial charge on any atom is -0.393 e. The highest BCUT2D eigenvalue weighted by Gasteiger charge is 2.39. The molecule has 0 saturated heterocycles. The molecule has 2 aliphatic carbocycles. The van der Waals surface area contributed by atoms with Crippen molar-refractivity contribution in [3.05, 3.63) is 46.6 Å². The van der Waals surface area contributed by atoms with Crippen LogP contribution in [0.2, 0.25) is 0 Å². The first kappa shape index (κ1) is 22.0. The monoisotopic (exact) mass is 474 g/mol. The second-order valence-electron chi connectivity index (χ2n) is 10.3. The Hall–Kier alpha value is -3.46. The minimum atomic E-state index is -0.385. The van der Waals surface area contributed by atoms with Gasteiger partial charge in [-0.3, -0.25) is 9.59 Å². The third-order valence-electron chi connectivity index (χ3n) is 7.80. The average Bonchev–Trinajstić information content (AvgIpc) is 3.39. The molecule has 182 valence electrons. The first-order chi connectivity index (χ1) is 16.8. The van der Waals surface area contributed by atoms with Gasteiger partial charge in [0.15, 0.2) is 11.5 Å². The number of amides is 2. The zero-order valence-electron chi connectivity index (χ0n) is 20.0. The molecule has 3 aliphatic rings. The molecular formula is C26H30N6O3. The van der Waals surface area contributed by atoms with E-state index in [-0.39, 0.29) is 41.4 Å². The van der Waals surface area contributed by atoms with E-state index in [2.05, 4.69) is 17.3 Å². The van der Waals surface area contributed by atoms with Crippen LogP contribution >= 0.6 is 0 Å². The third-order valence-corrected chi connectivity index (χ3v) is 7.80. The number of nitrogens with one attached hydrogen (secondary N) is 1. The van der Waals surface area contributed by atoms with Crippen LogP contribution in [0.3, 0.4) is 0 Å². The van der Waals surface area contributed by atoms with Gasteiger partial charge in [-0.2, -0.15) is 0 Å². The number of carbonyl (C=O) groups excluding carboxylic acids is 2. The summed E-state index contributed by atoms with van der Waals surface area (Å²) in [6.45, 7) is 4.73. The van der Waals surface area contributed by atoms with Crippen LogP contribution < -0.4 is 11.1 Å². The summed E-state index contributed by atoms with van der Waals surface area (Å²) in [7, 11) is 0. The molecule has 6 rings (SSSR count). The van der Waals surface area contributed by atoms with Gasteiger partial charge in [-0.25, -0.2) is 9.50 Å². The summed E-state index contributed by atoms with van der Waals surface area (Å²) in [5, 5.41) is 17.0. The fraction of sp³-hybridized carbons (Fsp3) is 0.462. The summed E-state index contributed by atoms with van der Waals surface area (Å²) < 4.78 is 1.51. The van der Waals surface area contributed by atoms with E-state index in [0.29, 0.717) is 36.6 Å². The molecule has 0 bridgehead atoms. The number of hydrogen-bond donors (Lipinski definition) is 3. The Morgan fingerprint density at radius 2 is 2.06 bits per heavy atom. The van der Waals surface area contributed by atoms with E-state index in [4.69, 9.17) is 10.7 Å². The quantitative estimate of drug-likeness (QED) is 0.522. The van der Waals surface area contributed by atoms with Crippen LogP contribution in [0.25, 0.3) is 16.9 Å². The average molecular weight is 475 g/mol. The number of nitrogen functional groups attached to an aromatic ring is 1. The molecule has 4 N–H and O–H groups in total. The Labute approximate surface area is 203 Å². The van der Waals surface area contributed by atoms with E-state index in [1.165, 1.54) is 17.4 Å². The number of nitrogens with two attached hydrogens (primary N) is 1. The Morgan fingerprint density at radius 1 is 1.26 bits per heavy atom. The first-order valence-electron chi connectivity index (χ1n) is 12.4. The molecule has 2 amide bonds. The van der Waals surface area contributed by atoms with Crippen molar-refractivity contribution in [2.24, 2.45) is 5.92 Å². The van der Waals surface area contributed by atoms with Gasteiger partial charge in [0, 0.05) is 36.0 Å². The molecule has 3 aromatic rings. The summed E-state index contributed by atoms with van der Waals surface area (Å²) in [5.41, 5.74) is 11.1. The number of benzene rings is 1. The first-order valence-corrected chi connectivity index (χ1v) is 12.4. The van der Waals surface area contributed by atoms with E-state index in [0.717, 1.165) is 28.7 Å². The number of fused-ring (bicyclic) bond motifs is 2. The molecular weight excluding hydrogens is 444 g/mol. The molecule has 0 spiro atoms. The lowest BCUT2D eigenvalue weighted by atomic mass is 9.98. The molecule has 1 aromatic carbocycles. The fourth-order valence-electron chi connectivity index (χ4n) is 5.67. The molecule has 3 heterocycles. The maximum absolute atomic E-state index is 13.1. The second-order valence-corrected chi connectivity index (χ2v) is 10.3. The molecule has 2 saturated carbocycles. The molecule has 2 fully saturated rings. The summed E-state index contributed by atoms with van der Waals surface area (Å²) in [6, 6.07) is 6.03. The summed E-state index contributed by atoms with van der Waals surface area (Å²) in [6.07, 6.45) is 5.70. The largest absolute Gasteiger partial charge is 0.393 e. The number of aromatic nitrogens is 3. The van der Waals surface area contributed by atoms with E-state index < -0.39 is 0 Å². The maximum Gasteiger partial charge on any atom is 0.259 e. The second kappa shape index (κ2) is 8.05. The lowest BCUT2D eigenvalue weighted by Gasteiger charge is -2.24. The smallest absolute Gasteiger partial charge is 0.259 e. The SMILES string of the molecule is Cc1cc(-c2ccn3nc(N)c(C(=O)N[C@H]4CC[C@H](O)C4)c3n2)cc2c1C(=O)N(C(C)C1CC1)C2. The molecule has 3 atom stereocenters. The zero-order chi connectivity index (χ0) is 24.4. The zero-order valence-corrected chi connectivity index (χ0v) is 20.0. The summed E-state index contributed by atoms with van der Waals surface area (Å²) in [4.78, 5) is 32.9. The molecule has 9 heteroatoms. The van der Waals surface area contributed by atoms with Crippen molar-refractivity contribution in [1.82, 2.24) is 24.8 Å². The topological polar surface area (TPSA) is 126 Å². The maximum atomic E-state index is 13.1. The van der Waals surface area contributed by atoms with E-state index >= 15 is 0 Å². The molecule has 35 heavy (non-hydrogen) atoms. The van der Waals surface area contributed by atoms with Gasteiger partial charge in [-0.1, -0.05) is 0 Å². The van der Waals surface area contributed by atoms with Gasteiger partial charge in [0.2, 0.25) is 0 Å². The van der Waals surface area contributed by atoms with Gasteiger partial charge in [-0.15, -0.1) is 5.10 Å². The van der Waals surface area contributed by atoms with E-state index in [1.54, 1.807) is 6.20 Å². The minimum absolute atomic E-state index is 0.0899. The van der Waals surface area contributed by atoms with Gasteiger partial charge in [0.05, 0.1) is 11.8 Å². The van der Waals surface area contributed by atoms with Crippen molar-refractivity contribution in [3.8, 4) is 11.3 Å². The highest BCUT2D eigenvalue weighted by atomic mass is 16.3. The number of aliphatic hydroxyl groups is 1. The molecule has 0 radical (unpaired) electrons. The Balaban J connectivity index is 1.33. The lowest BCUT2D eigenvalue weighted by Crippen LogP contribution is -2.34.